The minimum Gasteiger partial charge on any atom is -0.480 e. The van der Waals surface area contributed by atoms with Crippen molar-refractivity contribution in [3.05, 3.63) is 24.0 Å². The monoisotopic (exact) mass is 503 g/mol. The molecule has 2 aromatic rings. The van der Waals surface area contributed by atoms with Crippen LogP contribution in [0.4, 0.5) is 27.9 Å². The molecule has 35 heavy (non-hydrogen) atoms. The minimum absolute atomic E-state index is 0.0304. The highest BCUT2D eigenvalue weighted by Crippen LogP contribution is 2.34. The van der Waals surface area contributed by atoms with Gasteiger partial charge in [-0.1, -0.05) is 26.2 Å². The molecule has 4 rings (SSSR count). The Kier molecular flexibility index (Phi) is 9.25. The Morgan fingerprint density at radius 3 is 2.71 bits per heavy atom. The number of hydrogen-bond donors (Lipinski definition) is 3. The molecule has 1 aromatic carbocycles. The molecule has 2 heterocycles. The normalized spacial score (nSPS) is 19.5. The highest BCUT2D eigenvalue weighted by atomic mass is 32.2. The van der Waals surface area contributed by atoms with Gasteiger partial charge in [-0.2, -0.15) is 15.0 Å². The highest BCUT2D eigenvalue weighted by Gasteiger charge is 2.32. The van der Waals surface area contributed by atoms with Crippen LogP contribution in [0.5, 0.6) is 5.75 Å². The van der Waals surface area contributed by atoms with Gasteiger partial charge in [0.2, 0.25) is 17.8 Å². The lowest BCUT2D eigenvalue weighted by atomic mass is 9.89. The van der Waals surface area contributed by atoms with E-state index in [0.29, 0.717) is 29.4 Å². The molecule has 0 amide bonds. The topological polar surface area (TPSA) is 101 Å². The maximum absolute atomic E-state index is 15.0. The third-order valence-corrected chi connectivity index (χ3v) is 7.32. The van der Waals surface area contributed by atoms with Gasteiger partial charge in [-0.25, -0.2) is 4.39 Å². The predicted octanol–water partition coefficient (Wildman–Crippen LogP) is 4.95. The number of nitrogens with zero attached hydrogens (tertiary/aromatic N) is 4. The summed E-state index contributed by atoms with van der Waals surface area (Å²) in [7, 11) is 0. The number of anilines is 4. The molecule has 4 N–H and O–H groups in total. The van der Waals surface area contributed by atoms with Gasteiger partial charge in [0.25, 0.3) is 0 Å². The van der Waals surface area contributed by atoms with E-state index >= 15 is 4.39 Å². The second-order valence-corrected chi connectivity index (χ2v) is 10.2. The summed E-state index contributed by atoms with van der Waals surface area (Å²) in [5.74, 6) is 1.90. The van der Waals surface area contributed by atoms with Crippen LogP contribution in [0.2, 0.25) is 0 Å². The molecular weight excluding hydrogens is 465 g/mol. The largest absolute Gasteiger partial charge is 0.480 e. The number of nitrogens with one attached hydrogen (secondary N) is 2. The zero-order valence-electron chi connectivity index (χ0n) is 20.8. The van der Waals surface area contributed by atoms with Crippen molar-refractivity contribution in [2.45, 2.75) is 70.4 Å². The number of halogens is 1. The summed E-state index contributed by atoms with van der Waals surface area (Å²) in [4.78, 5) is 15.6. The minimum atomic E-state index is -0.409. The van der Waals surface area contributed by atoms with Crippen LogP contribution in [-0.4, -0.2) is 52.3 Å². The molecule has 2 aliphatic rings. The van der Waals surface area contributed by atoms with Gasteiger partial charge < -0.3 is 26.0 Å². The van der Waals surface area contributed by atoms with E-state index in [4.69, 9.17) is 15.5 Å². The third kappa shape index (κ3) is 6.67. The number of thioether (sulfide) groups is 1. The Bertz CT molecular complexity index is 953. The fourth-order valence-electron chi connectivity index (χ4n) is 5.22. The summed E-state index contributed by atoms with van der Waals surface area (Å²) >= 11 is 1.50. The van der Waals surface area contributed by atoms with Crippen molar-refractivity contribution in [3.8, 4) is 5.75 Å². The summed E-state index contributed by atoms with van der Waals surface area (Å²) in [5.41, 5.74) is 6.82. The highest BCUT2D eigenvalue weighted by molar-refractivity contribution is 7.98. The van der Waals surface area contributed by atoms with Gasteiger partial charge >= 0.3 is 0 Å². The maximum Gasteiger partial charge on any atom is 0.236 e. The lowest BCUT2D eigenvalue weighted by Crippen LogP contribution is -2.46. The Hall–Kier alpha value is -2.33. The maximum atomic E-state index is 15.0. The molecule has 2 fully saturated rings. The van der Waals surface area contributed by atoms with E-state index < -0.39 is 5.82 Å². The summed E-state index contributed by atoms with van der Waals surface area (Å²) < 4.78 is 20.5. The molecule has 1 aliphatic carbocycles. The number of rotatable bonds is 11. The number of hydrogen-bond acceptors (Lipinski definition) is 9. The average molecular weight is 504 g/mol. The quantitative estimate of drug-likeness (QED) is 0.368. The van der Waals surface area contributed by atoms with Crippen molar-refractivity contribution < 1.29 is 9.13 Å². The summed E-state index contributed by atoms with van der Waals surface area (Å²) in [6.45, 7) is 3.93. The van der Waals surface area contributed by atoms with E-state index in [-0.39, 0.29) is 23.8 Å². The molecule has 1 aliphatic heterocycles. The van der Waals surface area contributed by atoms with E-state index in [1.807, 2.05) is 17.2 Å². The van der Waals surface area contributed by atoms with Crippen LogP contribution in [0.1, 0.15) is 58.3 Å². The van der Waals surface area contributed by atoms with Gasteiger partial charge in [0, 0.05) is 24.3 Å². The van der Waals surface area contributed by atoms with E-state index in [2.05, 4.69) is 27.5 Å². The first kappa shape index (κ1) is 25.8. The van der Waals surface area contributed by atoms with Gasteiger partial charge in [0.05, 0.1) is 6.04 Å². The second-order valence-electron chi connectivity index (χ2n) is 9.42. The molecule has 0 bridgehead atoms. The molecule has 0 radical (unpaired) electrons. The fourth-order valence-corrected chi connectivity index (χ4v) is 5.46. The van der Waals surface area contributed by atoms with Crippen LogP contribution in [0, 0.1) is 11.7 Å². The first-order chi connectivity index (χ1) is 17.1. The molecule has 8 nitrogen and oxygen atoms in total. The van der Waals surface area contributed by atoms with Crippen LogP contribution < -0.4 is 26.0 Å². The number of ether oxygens (including phenoxy) is 1. The Morgan fingerprint density at radius 1 is 1.20 bits per heavy atom. The van der Waals surface area contributed by atoms with Gasteiger partial charge in [-0.15, -0.1) is 11.8 Å². The fraction of sp³-hybridized carbons (Fsp3) is 0.640. The standard InChI is InChI=1S/C25H38FN7OS/c1-3-21(20-10-7-13-28-20)33(18-11-12-22(19(26)14-18)34-16-35-2)25-31-23(27)30-24(32-25)29-15-17-8-5-4-6-9-17/h11-12,14,17,20-21,28H,3-10,13,15-16H2,1-2H3,(H3,27,29,30,31,32). The number of nitrogen functional groups attached to an aromatic ring is 1. The molecule has 2 atom stereocenters. The number of aromatic nitrogens is 3. The summed E-state index contributed by atoms with van der Waals surface area (Å²) in [6.07, 6.45) is 11.2. The Balaban J connectivity index is 1.65. The van der Waals surface area contributed by atoms with Crippen molar-refractivity contribution in [3.63, 3.8) is 0 Å². The van der Waals surface area contributed by atoms with Crippen LogP contribution in [0.25, 0.3) is 0 Å². The van der Waals surface area contributed by atoms with Gasteiger partial charge in [-0.3, -0.25) is 0 Å². The van der Waals surface area contributed by atoms with Crippen molar-refractivity contribution in [2.24, 2.45) is 5.92 Å². The molecule has 1 saturated heterocycles. The van der Waals surface area contributed by atoms with Gasteiger partial charge in [0.15, 0.2) is 11.6 Å². The van der Waals surface area contributed by atoms with Gasteiger partial charge in [0.1, 0.15) is 5.94 Å². The zero-order chi connectivity index (χ0) is 24.6. The Morgan fingerprint density at radius 2 is 2.03 bits per heavy atom. The van der Waals surface area contributed by atoms with Crippen LogP contribution in [-0.2, 0) is 0 Å². The SMILES string of the molecule is CCC(C1CCCN1)N(c1ccc(OCSC)c(F)c1)c1nc(N)nc(NCC2CCCCC2)n1. The van der Waals surface area contributed by atoms with Crippen LogP contribution >= 0.6 is 11.8 Å². The predicted molar refractivity (Wildman–Crippen MR) is 142 cm³/mol. The van der Waals surface area contributed by atoms with Crippen molar-refractivity contribution in [2.75, 3.05) is 41.2 Å². The van der Waals surface area contributed by atoms with E-state index in [1.54, 1.807) is 6.07 Å². The van der Waals surface area contributed by atoms with E-state index in [0.717, 1.165) is 32.4 Å². The van der Waals surface area contributed by atoms with Gasteiger partial charge in [-0.05, 0) is 63.0 Å². The molecular formula is C25H38FN7OS. The first-order valence-corrected chi connectivity index (χ1v) is 14.2. The Labute approximate surface area is 212 Å². The van der Waals surface area contributed by atoms with Crippen LogP contribution in [0.15, 0.2) is 18.2 Å². The molecule has 1 saturated carbocycles. The molecule has 1 aromatic heterocycles. The second kappa shape index (κ2) is 12.6. The van der Waals surface area contributed by atoms with Crippen molar-refractivity contribution in [1.82, 2.24) is 20.3 Å². The molecule has 0 spiro atoms. The van der Waals surface area contributed by atoms with Crippen LogP contribution in [0.3, 0.4) is 0 Å². The molecule has 10 heteroatoms. The smallest absolute Gasteiger partial charge is 0.236 e. The molecule has 2 unspecified atom stereocenters. The first-order valence-electron chi connectivity index (χ1n) is 12.8. The zero-order valence-corrected chi connectivity index (χ0v) is 21.6. The third-order valence-electron chi connectivity index (χ3n) is 6.97. The van der Waals surface area contributed by atoms with E-state index in [1.165, 1.54) is 49.9 Å². The number of benzene rings is 1. The van der Waals surface area contributed by atoms with E-state index in [9.17, 15) is 0 Å². The van der Waals surface area contributed by atoms with Crippen molar-refractivity contribution >= 4 is 35.3 Å². The molecule has 192 valence electrons. The number of nitrogens with two attached hydrogens (primary N) is 1. The summed E-state index contributed by atoms with van der Waals surface area (Å²) in [5, 5.41) is 6.99. The summed E-state index contributed by atoms with van der Waals surface area (Å²) in [6, 6.07) is 5.32. The average Bonchev–Trinajstić information content (AvgIpc) is 3.40. The lowest BCUT2D eigenvalue weighted by Gasteiger charge is -2.35. The van der Waals surface area contributed by atoms with Crippen molar-refractivity contribution in [1.29, 1.82) is 0 Å². The lowest BCUT2D eigenvalue weighted by molar-refractivity contribution is 0.368.